The summed E-state index contributed by atoms with van der Waals surface area (Å²) in [5.41, 5.74) is 3.36. The summed E-state index contributed by atoms with van der Waals surface area (Å²) in [6, 6.07) is 5.49. The highest BCUT2D eigenvalue weighted by Gasteiger charge is 2.36. The Bertz CT molecular complexity index is 1380. The average Bonchev–Trinajstić information content (AvgIpc) is 3.56. The van der Waals surface area contributed by atoms with Crippen LogP contribution in [0, 0.1) is 18.3 Å². The van der Waals surface area contributed by atoms with E-state index in [0.717, 1.165) is 41.8 Å². The average molecular weight is 584 g/mol. The number of rotatable bonds is 8. The van der Waals surface area contributed by atoms with Crippen LogP contribution in [0.5, 0.6) is 11.8 Å². The Labute approximate surface area is 244 Å². The van der Waals surface area contributed by atoms with E-state index in [2.05, 4.69) is 29.5 Å². The molecular formula is C29H35ClFN7O3. The SMILES string of the molecule is C=C(F)C(=O)N1CCN(c2nc(OC[C@@H]3CCCN3C)nc3c2CN(Cc2c(Cl)ccc(O)c2C)C3)C[C@@H]1CC#N. The summed E-state index contributed by atoms with van der Waals surface area (Å²) in [6.45, 7) is 9.07. The summed E-state index contributed by atoms with van der Waals surface area (Å²) >= 11 is 6.50. The van der Waals surface area contributed by atoms with Crippen molar-refractivity contribution in [3.8, 4) is 17.8 Å². The smallest absolute Gasteiger partial charge is 0.318 e. The molecule has 0 unspecified atom stereocenters. The minimum absolute atomic E-state index is 0.0571. The van der Waals surface area contributed by atoms with Gasteiger partial charge in [0.05, 0.1) is 24.2 Å². The highest BCUT2D eigenvalue weighted by Crippen LogP contribution is 2.36. The van der Waals surface area contributed by atoms with Crippen molar-refractivity contribution in [2.45, 2.75) is 57.9 Å². The van der Waals surface area contributed by atoms with E-state index < -0.39 is 17.8 Å². The number of phenolic OH excluding ortho intramolecular Hbond substituents is 1. The van der Waals surface area contributed by atoms with Crippen molar-refractivity contribution in [2.75, 3.05) is 44.7 Å². The second-order valence-corrected chi connectivity index (χ2v) is 11.4. The van der Waals surface area contributed by atoms with Crippen molar-refractivity contribution in [1.29, 1.82) is 5.26 Å². The van der Waals surface area contributed by atoms with Gasteiger partial charge in [0, 0.05) is 55.9 Å². The van der Waals surface area contributed by atoms with Gasteiger partial charge in [0.1, 0.15) is 18.2 Å². The lowest BCUT2D eigenvalue weighted by Crippen LogP contribution is -2.55. The van der Waals surface area contributed by atoms with Crippen LogP contribution >= 0.6 is 11.6 Å². The molecule has 1 amide bonds. The fraction of sp³-hybridized carbons (Fsp3) is 0.517. The van der Waals surface area contributed by atoms with E-state index in [-0.39, 0.29) is 18.7 Å². The van der Waals surface area contributed by atoms with Crippen molar-refractivity contribution in [3.05, 3.63) is 51.9 Å². The Balaban J connectivity index is 1.43. The maximum atomic E-state index is 13.7. The van der Waals surface area contributed by atoms with E-state index in [1.165, 1.54) is 4.90 Å². The zero-order chi connectivity index (χ0) is 29.3. The third-order valence-electron chi connectivity index (χ3n) is 8.38. The number of ether oxygens (including phenoxy) is 1. The molecule has 41 heavy (non-hydrogen) atoms. The quantitative estimate of drug-likeness (QED) is 0.467. The molecule has 12 heteroatoms. The van der Waals surface area contributed by atoms with Crippen LogP contribution in [-0.2, 0) is 24.4 Å². The number of hydrogen-bond donors (Lipinski definition) is 1. The minimum atomic E-state index is -1.03. The van der Waals surface area contributed by atoms with Crippen LogP contribution in [0.4, 0.5) is 10.2 Å². The van der Waals surface area contributed by atoms with E-state index in [9.17, 15) is 19.6 Å². The molecule has 0 spiro atoms. The molecule has 2 fully saturated rings. The fourth-order valence-electron chi connectivity index (χ4n) is 5.96. The monoisotopic (exact) mass is 583 g/mol. The van der Waals surface area contributed by atoms with Crippen LogP contribution in [-0.4, -0.2) is 87.6 Å². The van der Waals surface area contributed by atoms with Gasteiger partial charge in [-0.2, -0.15) is 15.2 Å². The maximum Gasteiger partial charge on any atom is 0.318 e. The van der Waals surface area contributed by atoms with Gasteiger partial charge in [-0.15, -0.1) is 0 Å². The van der Waals surface area contributed by atoms with Gasteiger partial charge in [-0.05, 0) is 56.6 Å². The lowest BCUT2D eigenvalue weighted by molar-refractivity contribution is -0.131. The number of nitrogens with zero attached hydrogens (tertiary/aromatic N) is 7. The van der Waals surface area contributed by atoms with E-state index in [1.54, 1.807) is 12.1 Å². The number of nitriles is 1. The Hall–Kier alpha value is -3.46. The Morgan fingerprint density at radius 2 is 2.07 bits per heavy atom. The number of likely N-dealkylation sites (N-methyl/N-ethyl adjacent to an activating group) is 1. The van der Waals surface area contributed by atoms with Crippen LogP contribution in [0.1, 0.15) is 41.6 Å². The van der Waals surface area contributed by atoms with Crippen molar-refractivity contribution >= 4 is 23.3 Å². The Kier molecular flexibility index (Phi) is 8.63. The number of carbonyl (C=O) groups excluding carboxylic acids is 1. The zero-order valence-corrected chi connectivity index (χ0v) is 24.2. The molecule has 218 valence electrons. The number of amides is 1. The van der Waals surface area contributed by atoms with Gasteiger partial charge in [0.15, 0.2) is 5.83 Å². The summed E-state index contributed by atoms with van der Waals surface area (Å²) < 4.78 is 19.9. The topological polar surface area (TPSA) is 109 Å². The van der Waals surface area contributed by atoms with Crippen molar-refractivity contribution < 1.29 is 19.0 Å². The molecule has 2 saturated heterocycles. The number of fused-ring (bicyclic) bond motifs is 1. The number of carbonyl (C=O) groups is 1. The molecule has 1 aromatic carbocycles. The van der Waals surface area contributed by atoms with Crippen LogP contribution in [0.2, 0.25) is 5.02 Å². The molecule has 1 N–H and O–H groups in total. The summed E-state index contributed by atoms with van der Waals surface area (Å²) in [5, 5.41) is 20.3. The summed E-state index contributed by atoms with van der Waals surface area (Å²) in [6.07, 6.45) is 2.24. The largest absolute Gasteiger partial charge is 0.508 e. The summed E-state index contributed by atoms with van der Waals surface area (Å²) in [4.78, 5) is 30.0. The van der Waals surface area contributed by atoms with Gasteiger partial charge < -0.3 is 24.5 Å². The number of anilines is 1. The zero-order valence-electron chi connectivity index (χ0n) is 23.4. The number of halogens is 2. The molecule has 4 heterocycles. The molecule has 5 rings (SSSR count). The molecule has 2 atom stereocenters. The lowest BCUT2D eigenvalue weighted by atomic mass is 10.1. The van der Waals surface area contributed by atoms with E-state index >= 15 is 0 Å². The molecule has 0 saturated carbocycles. The first-order valence-electron chi connectivity index (χ1n) is 13.9. The van der Waals surface area contributed by atoms with Crippen molar-refractivity contribution in [3.63, 3.8) is 0 Å². The molecule has 3 aliphatic heterocycles. The standard InChI is InChI=1S/C29H35ClFN7O3/c1-18-22(24(30)6-7-26(18)39)14-36-15-23-25(16-36)33-29(41-17-21-5-4-10-35(21)3)34-27(23)37-11-12-38(28(40)19(2)31)20(13-37)8-9-32/h6-7,20-21,39H,2,4-5,8,10-17H2,1,3H3/t20-,21-/m0/s1. The molecule has 0 radical (unpaired) electrons. The number of phenols is 1. The third kappa shape index (κ3) is 6.10. The lowest BCUT2D eigenvalue weighted by Gasteiger charge is -2.41. The van der Waals surface area contributed by atoms with Crippen LogP contribution in [0.15, 0.2) is 24.5 Å². The summed E-state index contributed by atoms with van der Waals surface area (Å²) in [7, 11) is 2.09. The number of hydrogen-bond acceptors (Lipinski definition) is 9. The predicted octanol–water partition coefficient (Wildman–Crippen LogP) is 3.55. The predicted molar refractivity (Wildman–Crippen MR) is 152 cm³/mol. The fourth-order valence-corrected chi connectivity index (χ4v) is 6.22. The first kappa shape index (κ1) is 29.0. The van der Waals surface area contributed by atoms with Gasteiger partial charge in [0.25, 0.3) is 5.91 Å². The highest BCUT2D eigenvalue weighted by molar-refractivity contribution is 6.31. The minimum Gasteiger partial charge on any atom is -0.508 e. The van der Waals surface area contributed by atoms with Gasteiger partial charge in [-0.25, -0.2) is 4.39 Å². The first-order chi connectivity index (χ1) is 19.7. The van der Waals surface area contributed by atoms with Gasteiger partial charge in [0.2, 0.25) is 0 Å². The molecule has 10 nitrogen and oxygen atoms in total. The number of aromatic nitrogens is 2. The Morgan fingerprint density at radius 1 is 1.27 bits per heavy atom. The number of aromatic hydroxyl groups is 1. The third-order valence-corrected chi connectivity index (χ3v) is 8.73. The normalized spacial score (nSPS) is 21.1. The van der Waals surface area contributed by atoms with Crippen LogP contribution < -0.4 is 9.64 Å². The number of piperazine rings is 1. The van der Waals surface area contributed by atoms with Gasteiger partial charge in [-0.3, -0.25) is 9.69 Å². The van der Waals surface area contributed by atoms with Crippen molar-refractivity contribution in [1.82, 2.24) is 24.7 Å². The summed E-state index contributed by atoms with van der Waals surface area (Å²) in [5.74, 6) is -0.929. The molecule has 0 aliphatic carbocycles. The first-order valence-corrected chi connectivity index (χ1v) is 14.2. The molecular weight excluding hydrogens is 549 g/mol. The van der Waals surface area contributed by atoms with E-state index in [4.69, 9.17) is 26.3 Å². The molecule has 3 aliphatic rings. The van der Waals surface area contributed by atoms with Gasteiger partial charge >= 0.3 is 6.01 Å². The molecule has 1 aromatic heterocycles. The second-order valence-electron chi connectivity index (χ2n) is 11.0. The van der Waals surface area contributed by atoms with Crippen molar-refractivity contribution in [2.24, 2.45) is 0 Å². The maximum absolute atomic E-state index is 13.7. The van der Waals surface area contributed by atoms with E-state index in [1.807, 2.05) is 11.8 Å². The Morgan fingerprint density at radius 3 is 2.78 bits per heavy atom. The van der Waals surface area contributed by atoms with Crippen LogP contribution in [0.3, 0.4) is 0 Å². The van der Waals surface area contributed by atoms with Crippen LogP contribution in [0.25, 0.3) is 0 Å². The molecule has 2 aromatic rings. The van der Waals surface area contributed by atoms with E-state index in [0.29, 0.717) is 62.2 Å². The molecule has 0 bridgehead atoms. The number of benzene rings is 1. The highest BCUT2D eigenvalue weighted by atomic mass is 35.5. The second kappa shape index (κ2) is 12.2. The number of likely N-dealkylation sites (tertiary alicyclic amines) is 1. The van der Waals surface area contributed by atoms with Gasteiger partial charge in [-0.1, -0.05) is 18.2 Å².